The minimum atomic E-state index is -3.15. The zero-order valence-corrected chi connectivity index (χ0v) is 17.3. The van der Waals surface area contributed by atoms with E-state index in [1.807, 2.05) is 18.2 Å². The zero-order chi connectivity index (χ0) is 19.8. The second kappa shape index (κ2) is 7.55. The molecule has 1 saturated carbocycles. The highest BCUT2D eigenvalue weighted by molar-refractivity contribution is 7.88. The Morgan fingerprint density at radius 2 is 1.89 bits per heavy atom. The first-order chi connectivity index (χ1) is 13.4. The molecular weight excluding hydrogens is 380 g/mol. The summed E-state index contributed by atoms with van der Waals surface area (Å²) in [4.78, 5) is 5.83. The van der Waals surface area contributed by atoms with E-state index in [9.17, 15) is 8.42 Å². The number of nitrogens with zero attached hydrogens (tertiary/aromatic N) is 2. The summed E-state index contributed by atoms with van der Waals surface area (Å²) in [6.07, 6.45) is 8.06. The maximum absolute atomic E-state index is 11.7. The molecule has 2 aliphatic heterocycles. The second-order valence-electron chi connectivity index (χ2n) is 8.04. The van der Waals surface area contributed by atoms with Crippen LogP contribution in [0.15, 0.2) is 23.4 Å². The second-order valence-corrected chi connectivity index (χ2v) is 10.0. The van der Waals surface area contributed by atoms with Crippen LogP contribution in [-0.4, -0.2) is 56.6 Å². The highest BCUT2D eigenvalue weighted by Crippen LogP contribution is 2.38. The van der Waals surface area contributed by atoms with Gasteiger partial charge < -0.3 is 14.3 Å². The lowest BCUT2D eigenvalue weighted by atomic mass is 9.86. The predicted octanol–water partition coefficient (Wildman–Crippen LogP) is 2.94. The van der Waals surface area contributed by atoms with E-state index in [-0.39, 0.29) is 6.10 Å². The first-order valence-corrected chi connectivity index (χ1v) is 11.8. The Morgan fingerprint density at radius 3 is 2.54 bits per heavy atom. The van der Waals surface area contributed by atoms with Gasteiger partial charge in [-0.1, -0.05) is 5.16 Å². The SMILES string of the molecule is COc1ccc(C2=NOC3(CCN(S(C)(=O)=O)CC3)C2)cc1OC1CCCC1. The molecule has 0 aromatic heterocycles. The van der Waals surface area contributed by atoms with Gasteiger partial charge in [0.05, 0.1) is 25.2 Å². The van der Waals surface area contributed by atoms with Crippen molar-refractivity contribution >= 4 is 15.7 Å². The number of oxime groups is 1. The zero-order valence-electron chi connectivity index (χ0n) is 16.5. The average Bonchev–Trinajstić information content (AvgIpc) is 3.32. The molecule has 3 aliphatic rings. The van der Waals surface area contributed by atoms with E-state index >= 15 is 0 Å². The molecule has 0 amide bonds. The summed E-state index contributed by atoms with van der Waals surface area (Å²) in [6, 6.07) is 5.89. The third-order valence-corrected chi connectivity index (χ3v) is 7.34. The maximum atomic E-state index is 11.7. The lowest BCUT2D eigenvalue weighted by molar-refractivity contribution is -0.0505. The quantitative estimate of drug-likeness (QED) is 0.749. The van der Waals surface area contributed by atoms with Gasteiger partial charge in [-0.25, -0.2) is 12.7 Å². The first-order valence-electron chi connectivity index (χ1n) is 9.94. The topological polar surface area (TPSA) is 77.4 Å². The molecule has 2 heterocycles. The molecule has 8 heteroatoms. The summed E-state index contributed by atoms with van der Waals surface area (Å²) in [5, 5.41) is 4.35. The Balaban J connectivity index is 1.46. The van der Waals surface area contributed by atoms with E-state index < -0.39 is 15.6 Å². The van der Waals surface area contributed by atoms with Crippen LogP contribution in [0.3, 0.4) is 0 Å². The van der Waals surface area contributed by atoms with E-state index in [1.165, 1.54) is 23.4 Å². The summed E-state index contributed by atoms with van der Waals surface area (Å²) >= 11 is 0. The lowest BCUT2D eigenvalue weighted by Crippen LogP contribution is -2.46. The van der Waals surface area contributed by atoms with Crippen LogP contribution in [0.1, 0.15) is 50.5 Å². The molecule has 1 aromatic rings. The third kappa shape index (κ3) is 3.98. The van der Waals surface area contributed by atoms with Crippen molar-refractivity contribution in [2.24, 2.45) is 5.16 Å². The molecule has 0 atom stereocenters. The minimum absolute atomic E-state index is 0.248. The van der Waals surface area contributed by atoms with Crippen LogP contribution in [0, 0.1) is 0 Å². The Bertz CT molecular complexity index is 853. The van der Waals surface area contributed by atoms with Gasteiger partial charge in [-0.05, 0) is 43.9 Å². The summed E-state index contributed by atoms with van der Waals surface area (Å²) in [7, 11) is -1.50. The lowest BCUT2D eigenvalue weighted by Gasteiger charge is -2.35. The van der Waals surface area contributed by atoms with Gasteiger partial charge in [0.1, 0.15) is 5.60 Å². The van der Waals surface area contributed by atoms with Gasteiger partial charge in [-0.15, -0.1) is 0 Å². The van der Waals surface area contributed by atoms with Gasteiger partial charge >= 0.3 is 0 Å². The van der Waals surface area contributed by atoms with Crippen molar-refractivity contribution in [2.75, 3.05) is 26.5 Å². The van der Waals surface area contributed by atoms with Crippen molar-refractivity contribution < 1.29 is 22.7 Å². The molecule has 1 spiro atoms. The number of sulfonamides is 1. The van der Waals surface area contributed by atoms with Gasteiger partial charge in [0.25, 0.3) is 0 Å². The number of piperidine rings is 1. The van der Waals surface area contributed by atoms with Crippen molar-refractivity contribution in [3.8, 4) is 11.5 Å². The molecule has 4 rings (SSSR count). The Kier molecular flexibility index (Phi) is 5.26. The Hall–Kier alpha value is -1.80. The number of ether oxygens (including phenoxy) is 2. The molecule has 0 unspecified atom stereocenters. The van der Waals surface area contributed by atoms with E-state index in [0.29, 0.717) is 32.4 Å². The normalized spacial score (nSPS) is 22.9. The van der Waals surface area contributed by atoms with Gasteiger partial charge in [-0.3, -0.25) is 0 Å². The van der Waals surface area contributed by atoms with Crippen molar-refractivity contribution in [3.05, 3.63) is 23.8 Å². The third-order valence-electron chi connectivity index (χ3n) is 6.03. The van der Waals surface area contributed by atoms with Gasteiger partial charge in [0.15, 0.2) is 11.5 Å². The Labute approximate surface area is 166 Å². The van der Waals surface area contributed by atoms with E-state index in [4.69, 9.17) is 14.3 Å². The van der Waals surface area contributed by atoms with Crippen LogP contribution < -0.4 is 9.47 Å². The van der Waals surface area contributed by atoms with Crippen LogP contribution in [0.4, 0.5) is 0 Å². The largest absolute Gasteiger partial charge is 0.493 e. The number of rotatable bonds is 5. The standard InChI is InChI=1S/C20H28N2O5S/c1-25-18-8-7-15(13-19(18)26-16-5-3-4-6-16)17-14-20(27-21-17)9-11-22(12-10-20)28(2,23)24/h7-8,13,16H,3-6,9-12,14H2,1-2H3. The van der Waals surface area contributed by atoms with Gasteiger partial charge in [0.2, 0.25) is 10.0 Å². The first kappa shape index (κ1) is 19.5. The fourth-order valence-corrected chi connectivity index (χ4v) is 5.15. The molecule has 1 saturated heterocycles. The molecule has 2 fully saturated rings. The predicted molar refractivity (Wildman–Crippen MR) is 106 cm³/mol. The molecule has 7 nitrogen and oxygen atoms in total. The van der Waals surface area contributed by atoms with Crippen molar-refractivity contribution in [1.29, 1.82) is 0 Å². The fourth-order valence-electron chi connectivity index (χ4n) is 4.30. The van der Waals surface area contributed by atoms with Gasteiger partial charge in [-0.2, -0.15) is 0 Å². The molecule has 0 N–H and O–H groups in total. The number of hydrogen-bond donors (Lipinski definition) is 0. The van der Waals surface area contributed by atoms with Crippen molar-refractivity contribution in [3.63, 3.8) is 0 Å². The van der Waals surface area contributed by atoms with Crippen molar-refractivity contribution in [2.45, 2.75) is 56.7 Å². The molecular formula is C20H28N2O5S. The molecule has 0 bridgehead atoms. The Morgan fingerprint density at radius 1 is 1.18 bits per heavy atom. The van der Waals surface area contributed by atoms with Gasteiger partial charge in [0, 0.05) is 37.9 Å². The summed E-state index contributed by atoms with van der Waals surface area (Å²) in [6.45, 7) is 0.945. The number of hydrogen-bond acceptors (Lipinski definition) is 6. The van der Waals surface area contributed by atoms with Crippen molar-refractivity contribution in [1.82, 2.24) is 4.31 Å². The van der Waals surface area contributed by atoms with Crippen LogP contribution in [-0.2, 0) is 14.9 Å². The summed E-state index contributed by atoms with van der Waals surface area (Å²) < 4.78 is 36.7. The van der Waals surface area contributed by atoms with E-state index in [0.717, 1.165) is 35.6 Å². The number of methoxy groups -OCH3 is 1. The molecule has 1 aliphatic carbocycles. The monoisotopic (exact) mass is 408 g/mol. The summed E-state index contributed by atoms with van der Waals surface area (Å²) in [5.41, 5.74) is 1.45. The van der Waals surface area contributed by atoms with E-state index in [1.54, 1.807) is 7.11 Å². The van der Waals surface area contributed by atoms with Crippen LogP contribution >= 0.6 is 0 Å². The van der Waals surface area contributed by atoms with E-state index in [2.05, 4.69) is 5.16 Å². The molecule has 1 aromatic carbocycles. The highest BCUT2D eigenvalue weighted by Gasteiger charge is 2.43. The minimum Gasteiger partial charge on any atom is -0.493 e. The molecule has 28 heavy (non-hydrogen) atoms. The number of benzene rings is 1. The van der Waals surface area contributed by atoms with Crippen LogP contribution in [0.25, 0.3) is 0 Å². The summed E-state index contributed by atoms with van der Waals surface area (Å²) in [5.74, 6) is 1.48. The molecule has 154 valence electrons. The van der Waals surface area contributed by atoms with Crippen LogP contribution in [0.2, 0.25) is 0 Å². The van der Waals surface area contributed by atoms with Crippen LogP contribution in [0.5, 0.6) is 11.5 Å². The fraction of sp³-hybridized carbons (Fsp3) is 0.650. The highest BCUT2D eigenvalue weighted by atomic mass is 32.2. The maximum Gasteiger partial charge on any atom is 0.211 e. The average molecular weight is 409 g/mol. The smallest absolute Gasteiger partial charge is 0.211 e. The molecule has 0 radical (unpaired) electrons.